The molecule has 3 heterocycles. The molecule has 11 heteroatoms. The van der Waals surface area contributed by atoms with Crippen LogP contribution in [0.3, 0.4) is 0 Å². The number of nitro benzene ring substituents is 1. The molecule has 168 valence electrons. The van der Waals surface area contributed by atoms with Gasteiger partial charge in [-0.3, -0.25) is 10.1 Å². The minimum absolute atomic E-state index is 0.0643. The summed E-state index contributed by atoms with van der Waals surface area (Å²) in [6, 6.07) is 12.0. The standard InChI is InChI=1S/C21H22N4O5S2/c26-25(27)19-14-15(32(28,29)23-10-12-30-13-11-23)7-8-17(19)24-9-3-5-18(24)21-22-16-4-1-2-6-20(16)31-21/h1-2,4,6-8,14,18H,3,5,9-13H2. The fraction of sp³-hybridized carbons (Fsp3) is 0.381. The molecular formula is C21H22N4O5S2. The number of aromatic nitrogens is 1. The minimum atomic E-state index is -3.82. The number of sulfonamides is 1. The number of nitrogens with zero attached hydrogens (tertiary/aromatic N) is 4. The van der Waals surface area contributed by atoms with Crippen LogP contribution in [0.4, 0.5) is 11.4 Å². The molecule has 1 atom stereocenters. The lowest BCUT2D eigenvalue weighted by Crippen LogP contribution is -2.40. The van der Waals surface area contributed by atoms with Gasteiger partial charge in [-0.15, -0.1) is 11.3 Å². The normalized spacial score (nSPS) is 20.1. The van der Waals surface area contributed by atoms with Gasteiger partial charge < -0.3 is 9.64 Å². The van der Waals surface area contributed by atoms with Gasteiger partial charge in [0.05, 0.1) is 39.3 Å². The molecule has 5 rings (SSSR count). The summed E-state index contributed by atoms with van der Waals surface area (Å²) in [7, 11) is -3.82. The summed E-state index contributed by atoms with van der Waals surface area (Å²) in [6.07, 6.45) is 1.72. The Bertz CT molecular complexity index is 1240. The Morgan fingerprint density at radius 2 is 1.91 bits per heavy atom. The van der Waals surface area contributed by atoms with Crippen LogP contribution < -0.4 is 4.90 Å². The first-order chi connectivity index (χ1) is 15.4. The first kappa shape index (κ1) is 21.3. The van der Waals surface area contributed by atoms with Crippen LogP contribution in [0.2, 0.25) is 0 Å². The summed E-state index contributed by atoms with van der Waals surface area (Å²) in [6.45, 7) is 1.76. The van der Waals surface area contributed by atoms with Gasteiger partial charge in [-0.2, -0.15) is 4.31 Å². The lowest BCUT2D eigenvalue weighted by molar-refractivity contribution is -0.384. The van der Waals surface area contributed by atoms with E-state index in [9.17, 15) is 18.5 Å². The molecule has 3 aromatic rings. The molecule has 0 spiro atoms. The number of para-hydroxylation sites is 1. The third-order valence-corrected chi connectivity index (χ3v) is 8.94. The van der Waals surface area contributed by atoms with Gasteiger partial charge in [0.15, 0.2) is 0 Å². The van der Waals surface area contributed by atoms with Crippen molar-refractivity contribution in [3.8, 4) is 0 Å². The highest BCUT2D eigenvalue weighted by molar-refractivity contribution is 7.89. The molecule has 0 aliphatic carbocycles. The third kappa shape index (κ3) is 3.75. The van der Waals surface area contributed by atoms with E-state index in [0.717, 1.165) is 28.1 Å². The molecule has 2 aromatic carbocycles. The molecule has 0 saturated carbocycles. The molecular weight excluding hydrogens is 452 g/mol. The second-order valence-corrected chi connectivity index (χ2v) is 10.8. The average molecular weight is 475 g/mol. The Balaban J connectivity index is 1.51. The van der Waals surface area contributed by atoms with Crippen molar-refractivity contribution in [2.75, 3.05) is 37.7 Å². The first-order valence-corrected chi connectivity index (χ1v) is 12.7. The van der Waals surface area contributed by atoms with E-state index >= 15 is 0 Å². The van der Waals surface area contributed by atoms with Crippen molar-refractivity contribution in [1.29, 1.82) is 0 Å². The highest BCUT2D eigenvalue weighted by Gasteiger charge is 2.35. The van der Waals surface area contributed by atoms with Crippen LogP contribution in [-0.4, -0.2) is 55.5 Å². The van der Waals surface area contributed by atoms with Gasteiger partial charge in [0, 0.05) is 25.7 Å². The van der Waals surface area contributed by atoms with Crippen molar-refractivity contribution in [1.82, 2.24) is 9.29 Å². The number of rotatable bonds is 5. The predicted octanol–water partition coefficient (Wildman–Crippen LogP) is 3.57. The topological polar surface area (TPSA) is 106 Å². The van der Waals surface area contributed by atoms with Crippen LogP contribution in [0.5, 0.6) is 0 Å². The fourth-order valence-electron chi connectivity index (χ4n) is 4.33. The monoisotopic (exact) mass is 474 g/mol. The molecule has 1 unspecified atom stereocenters. The smallest absolute Gasteiger partial charge is 0.293 e. The SMILES string of the molecule is O=[N+]([O-])c1cc(S(=O)(=O)N2CCOCC2)ccc1N1CCCC1c1nc2ccccc2s1. The van der Waals surface area contributed by atoms with Crippen molar-refractivity contribution in [3.05, 3.63) is 57.6 Å². The summed E-state index contributed by atoms with van der Waals surface area (Å²) >= 11 is 1.60. The van der Waals surface area contributed by atoms with E-state index < -0.39 is 14.9 Å². The van der Waals surface area contributed by atoms with Crippen molar-refractivity contribution in [2.24, 2.45) is 0 Å². The second kappa shape index (κ2) is 8.39. The quantitative estimate of drug-likeness (QED) is 0.411. The molecule has 1 aromatic heterocycles. The molecule has 32 heavy (non-hydrogen) atoms. The van der Waals surface area contributed by atoms with Crippen LogP contribution in [0, 0.1) is 10.1 Å². The van der Waals surface area contributed by atoms with E-state index in [1.54, 1.807) is 17.4 Å². The molecule has 2 aliphatic rings. The van der Waals surface area contributed by atoms with Crippen LogP contribution in [0.1, 0.15) is 23.9 Å². The highest BCUT2D eigenvalue weighted by Crippen LogP contribution is 2.43. The summed E-state index contributed by atoms with van der Waals surface area (Å²) in [5.74, 6) is 0. The van der Waals surface area contributed by atoms with E-state index in [0.29, 0.717) is 25.4 Å². The van der Waals surface area contributed by atoms with Crippen LogP contribution >= 0.6 is 11.3 Å². The first-order valence-electron chi connectivity index (χ1n) is 10.4. The van der Waals surface area contributed by atoms with Crippen molar-refractivity contribution >= 4 is 43.0 Å². The van der Waals surface area contributed by atoms with Crippen LogP contribution in [0.25, 0.3) is 10.2 Å². The summed E-state index contributed by atoms with van der Waals surface area (Å²) in [5.41, 5.74) is 1.14. The number of hydrogen-bond donors (Lipinski definition) is 0. The van der Waals surface area contributed by atoms with Crippen LogP contribution in [-0.2, 0) is 14.8 Å². The highest BCUT2D eigenvalue weighted by atomic mass is 32.2. The van der Waals surface area contributed by atoms with Gasteiger partial charge in [0.1, 0.15) is 10.7 Å². The van der Waals surface area contributed by atoms with Crippen molar-refractivity contribution in [3.63, 3.8) is 0 Å². The Hall–Kier alpha value is -2.60. The number of morpholine rings is 1. The van der Waals surface area contributed by atoms with E-state index in [1.807, 2.05) is 29.2 Å². The van der Waals surface area contributed by atoms with E-state index in [-0.39, 0.29) is 29.7 Å². The van der Waals surface area contributed by atoms with E-state index in [4.69, 9.17) is 9.72 Å². The number of hydrogen-bond acceptors (Lipinski definition) is 8. The largest absolute Gasteiger partial charge is 0.379 e. The number of ether oxygens (including phenoxy) is 1. The minimum Gasteiger partial charge on any atom is -0.379 e. The zero-order chi connectivity index (χ0) is 22.3. The van der Waals surface area contributed by atoms with E-state index in [2.05, 4.69) is 0 Å². The summed E-state index contributed by atoms with van der Waals surface area (Å²) in [5, 5.41) is 12.9. The zero-order valence-electron chi connectivity index (χ0n) is 17.2. The number of benzene rings is 2. The maximum atomic E-state index is 13.0. The van der Waals surface area contributed by atoms with Gasteiger partial charge in [0.25, 0.3) is 5.69 Å². The van der Waals surface area contributed by atoms with Crippen molar-refractivity contribution < 1.29 is 18.1 Å². The average Bonchev–Trinajstić information content (AvgIpc) is 3.46. The van der Waals surface area contributed by atoms with Crippen LogP contribution in [0.15, 0.2) is 47.4 Å². The molecule has 0 N–H and O–H groups in total. The molecule has 0 radical (unpaired) electrons. The van der Waals surface area contributed by atoms with Gasteiger partial charge in [-0.1, -0.05) is 12.1 Å². The fourth-order valence-corrected chi connectivity index (χ4v) is 6.88. The zero-order valence-corrected chi connectivity index (χ0v) is 18.8. The summed E-state index contributed by atoms with van der Waals surface area (Å²) < 4.78 is 33.6. The lowest BCUT2D eigenvalue weighted by atomic mass is 10.2. The Labute approximate surface area is 189 Å². The molecule has 0 amide bonds. The van der Waals surface area contributed by atoms with Gasteiger partial charge in [-0.05, 0) is 37.1 Å². The molecule has 9 nitrogen and oxygen atoms in total. The van der Waals surface area contributed by atoms with Gasteiger partial charge >= 0.3 is 0 Å². The van der Waals surface area contributed by atoms with E-state index in [1.165, 1.54) is 16.4 Å². The molecule has 2 saturated heterocycles. The molecule has 2 fully saturated rings. The Morgan fingerprint density at radius 1 is 1.12 bits per heavy atom. The van der Waals surface area contributed by atoms with Gasteiger partial charge in [0.2, 0.25) is 10.0 Å². The number of fused-ring (bicyclic) bond motifs is 1. The second-order valence-electron chi connectivity index (χ2n) is 7.80. The predicted molar refractivity (Wildman–Crippen MR) is 122 cm³/mol. The summed E-state index contributed by atoms with van der Waals surface area (Å²) in [4.78, 5) is 18.1. The Kier molecular flexibility index (Phi) is 5.58. The lowest BCUT2D eigenvalue weighted by Gasteiger charge is -2.27. The van der Waals surface area contributed by atoms with Gasteiger partial charge in [-0.25, -0.2) is 13.4 Å². The number of anilines is 1. The van der Waals surface area contributed by atoms with Crippen molar-refractivity contribution in [2.45, 2.75) is 23.8 Å². The number of nitro groups is 1. The maximum Gasteiger partial charge on any atom is 0.293 e. The number of thiazole rings is 1. The Morgan fingerprint density at radius 3 is 2.66 bits per heavy atom. The molecule has 2 aliphatic heterocycles. The maximum absolute atomic E-state index is 13.0. The third-order valence-electron chi connectivity index (χ3n) is 5.91. The molecule has 0 bridgehead atoms.